The quantitative estimate of drug-likeness (QED) is 0.666. The van der Waals surface area contributed by atoms with Gasteiger partial charge in [-0.15, -0.1) is 0 Å². The van der Waals surface area contributed by atoms with Gasteiger partial charge in [0.2, 0.25) is 0 Å². The van der Waals surface area contributed by atoms with Crippen molar-refractivity contribution in [2.45, 2.75) is 12.8 Å². The van der Waals surface area contributed by atoms with Crippen LogP contribution in [0.25, 0.3) is 11.1 Å². The Balaban J connectivity index is 2.38. The summed E-state index contributed by atoms with van der Waals surface area (Å²) in [5.41, 5.74) is -0.285. The Morgan fingerprint density at radius 1 is 1.00 bits per heavy atom. The minimum Gasteiger partial charge on any atom is -0.435 e. The van der Waals surface area contributed by atoms with Gasteiger partial charge in [-0.2, -0.15) is 22.0 Å². The second-order valence-corrected chi connectivity index (χ2v) is 4.51. The smallest absolute Gasteiger partial charge is 0.416 e. The summed E-state index contributed by atoms with van der Waals surface area (Å²) in [7, 11) is 0. The van der Waals surface area contributed by atoms with Gasteiger partial charge in [0.1, 0.15) is 5.75 Å². The molecule has 0 fully saturated rings. The highest BCUT2D eigenvalue weighted by Gasteiger charge is 2.30. The molecule has 2 aromatic rings. The van der Waals surface area contributed by atoms with E-state index in [0.29, 0.717) is 5.56 Å². The molecule has 0 bridgehead atoms. The lowest BCUT2D eigenvalue weighted by molar-refractivity contribution is -0.137. The van der Waals surface area contributed by atoms with Crippen molar-refractivity contribution in [1.82, 2.24) is 0 Å². The maximum absolute atomic E-state index is 12.7. The minimum absolute atomic E-state index is 0.0208. The highest BCUT2D eigenvalue weighted by atomic mass is 35.5. The summed E-state index contributed by atoms with van der Waals surface area (Å²) in [5, 5.41) is 0.0208. The summed E-state index contributed by atoms with van der Waals surface area (Å²) in [6, 6.07) is 8.25. The fourth-order valence-electron chi connectivity index (χ4n) is 1.77. The zero-order chi connectivity index (χ0) is 15.6. The first kappa shape index (κ1) is 15.6. The number of hydrogen-bond acceptors (Lipinski definition) is 1. The van der Waals surface area contributed by atoms with Gasteiger partial charge in [0.25, 0.3) is 0 Å². The Morgan fingerprint density at radius 2 is 1.71 bits per heavy atom. The maximum Gasteiger partial charge on any atom is 0.416 e. The van der Waals surface area contributed by atoms with Gasteiger partial charge in [0.15, 0.2) is 0 Å². The fourth-order valence-corrected chi connectivity index (χ4v) is 2.05. The predicted octanol–water partition coefficient (Wildman–Crippen LogP) is 5.63. The van der Waals surface area contributed by atoms with Crippen molar-refractivity contribution in [3.8, 4) is 16.9 Å². The van der Waals surface area contributed by atoms with Gasteiger partial charge < -0.3 is 4.74 Å². The first-order chi connectivity index (χ1) is 9.77. The molecular formula is C14H8ClF5O. The van der Waals surface area contributed by atoms with Crippen molar-refractivity contribution < 1.29 is 26.7 Å². The summed E-state index contributed by atoms with van der Waals surface area (Å²) < 4.78 is 66.3. The second kappa shape index (κ2) is 5.89. The Bertz CT molecular complexity index is 640. The van der Waals surface area contributed by atoms with Crippen LogP contribution >= 0.6 is 11.6 Å². The topological polar surface area (TPSA) is 9.23 Å². The van der Waals surface area contributed by atoms with Crippen molar-refractivity contribution in [3.63, 3.8) is 0 Å². The third-order valence-corrected chi connectivity index (χ3v) is 2.98. The van der Waals surface area contributed by atoms with Crippen molar-refractivity contribution in [2.24, 2.45) is 0 Å². The molecule has 2 aromatic carbocycles. The Morgan fingerprint density at radius 3 is 2.29 bits per heavy atom. The molecule has 1 nitrogen and oxygen atoms in total. The van der Waals surface area contributed by atoms with Gasteiger partial charge in [-0.25, -0.2) is 0 Å². The average Bonchev–Trinajstić information content (AvgIpc) is 2.37. The minimum atomic E-state index is -4.47. The van der Waals surface area contributed by atoms with E-state index in [2.05, 4.69) is 4.74 Å². The van der Waals surface area contributed by atoms with Gasteiger partial charge >= 0.3 is 12.8 Å². The first-order valence-electron chi connectivity index (χ1n) is 5.69. The lowest BCUT2D eigenvalue weighted by Gasteiger charge is -2.11. The molecule has 0 unspecified atom stereocenters. The number of ether oxygens (including phenoxy) is 1. The lowest BCUT2D eigenvalue weighted by Crippen LogP contribution is -2.04. The van der Waals surface area contributed by atoms with Crippen LogP contribution in [-0.4, -0.2) is 6.61 Å². The summed E-state index contributed by atoms with van der Waals surface area (Å²) in [4.78, 5) is 0. The van der Waals surface area contributed by atoms with Crippen molar-refractivity contribution in [2.75, 3.05) is 0 Å². The normalized spacial score (nSPS) is 11.8. The SMILES string of the molecule is FC(F)Oc1ccc(-c2cccc(C(F)(F)F)c2)c(Cl)c1. The molecule has 0 aromatic heterocycles. The summed E-state index contributed by atoms with van der Waals surface area (Å²) in [6.45, 7) is -3.00. The third kappa shape index (κ3) is 3.85. The highest BCUT2D eigenvalue weighted by Crippen LogP contribution is 2.35. The van der Waals surface area contributed by atoms with Crippen molar-refractivity contribution in [1.29, 1.82) is 0 Å². The van der Waals surface area contributed by atoms with E-state index < -0.39 is 18.4 Å². The molecule has 2 rings (SSSR count). The summed E-state index contributed by atoms with van der Waals surface area (Å²) >= 11 is 5.91. The average molecular weight is 323 g/mol. The Labute approximate surface area is 121 Å². The van der Waals surface area contributed by atoms with Crippen LogP contribution in [0.3, 0.4) is 0 Å². The van der Waals surface area contributed by atoms with Crippen LogP contribution in [0.15, 0.2) is 42.5 Å². The zero-order valence-corrected chi connectivity index (χ0v) is 11.1. The first-order valence-corrected chi connectivity index (χ1v) is 6.07. The lowest BCUT2D eigenvalue weighted by atomic mass is 10.0. The number of benzene rings is 2. The molecule has 112 valence electrons. The largest absolute Gasteiger partial charge is 0.435 e. The van der Waals surface area contributed by atoms with Crippen molar-refractivity contribution in [3.05, 3.63) is 53.1 Å². The van der Waals surface area contributed by atoms with E-state index in [4.69, 9.17) is 11.6 Å². The van der Waals surface area contributed by atoms with E-state index in [0.717, 1.165) is 18.2 Å². The van der Waals surface area contributed by atoms with E-state index in [1.54, 1.807) is 0 Å². The molecule has 0 heterocycles. The third-order valence-electron chi connectivity index (χ3n) is 2.67. The molecule has 21 heavy (non-hydrogen) atoms. The molecule has 0 atom stereocenters. The van der Waals surface area contributed by atoms with Gasteiger partial charge in [0, 0.05) is 5.56 Å². The fraction of sp³-hybridized carbons (Fsp3) is 0.143. The van der Waals surface area contributed by atoms with Crippen LogP contribution in [0.2, 0.25) is 5.02 Å². The zero-order valence-electron chi connectivity index (χ0n) is 10.3. The Kier molecular flexibility index (Phi) is 4.37. The van der Waals surface area contributed by atoms with E-state index in [1.165, 1.54) is 24.3 Å². The van der Waals surface area contributed by atoms with E-state index in [9.17, 15) is 22.0 Å². The molecule has 0 saturated carbocycles. The van der Waals surface area contributed by atoms with Crippen LogP contribution in [0, 0.1) is 0 Å². The van der Waals surface area contributed by atoms with E-state index >= 15 is 0 Å². The molecule has 0 amide bonds. The van der Waals surface area contributed by atoms with Crippen LogP contribution in [0.5, 0.6) is 5.75 Å². The predicted molar refractivity (Wildman–Crippen MR) is 68.5 cm³/mol. The molecule has 0 aliphatic rings. The number of alkyl halides is 5. The Hall–Kier alpha value is -1.82. The van der Waals surface area contributed by atoms with Crippen LogP contribution in [0.1, 0.15) is 5.56 Å². The van der Waals surface area contributed by atoms with E-state index in [1.807, 2.05) is 0 Å². The highest BCUT2D eigenvalue weighted by molar-refractivity contribution is 6.33. The maximum atomic E-state index is 12.7. The molecule has 0 N–H and O–H groups in total. The molecular weight excluding hydrogens is 315 g/mol. The molecule has 0 aliphatic heterocycles. The van der Waals surface area contributed by atoms with E-state index in [-0.39, 0.29) is 16.3 Å². The van der Waals surface area contributed by atoms with Crippen LogP contribution < -0.4 is 4.74 Å². The second-order valence-electron chi connectivity index (χ2n) is 4.10. The van der Waals surface area contributed by atoms with Gasteiger partial charge in [0.05, 0.1) is 10.6 Å². The van der Waals surface area contributed by atoms with Crippen LogP contribution in [0.4, 0.5) is 22.0 Å². The molecule has 0 saturated heterocycles. The molecule has 0 radical (unpaired) electrons. The van der Waals surface area contributed by atoms with Gasteiger partial charge in [-0.05, 0) is 35.9 Å². The standard InChI is InChI=1S/C14H8ClF5O/c15-12-7-10(21-13(16)17)4-5-11(12)8-2-1-3-9(6-8)14(18,19)20/h1-7,13H. The van der Waals surface area contributed by atoms with Gasteiger partial charge in [-0.3, -0.25) is 0 Å². The molecule has 0 spiro atoms. The number of halogens is 6. The monoisotopic (exact) mass is 322 g/mol. The van der Waals surface area contributed by atoms with Crippen LogP contribution in [-0.2, 0) is 6.18 Å². The summed E-state index contributed by atoms with van der Waals surface area (Å²) in [5.74, 6) is -0.161. The number of hydrogen-bond donors (Lipinski definition) is 0. The number of rotatable bonds is 3. The van der Waals surface area contributed by atoms with Gasteiger partial charge in [-0.1, -0.05) is 23.7 Å². The molecule has 0 aliphatic carbocycles. The van der Waals surface area contributed by atoms with Crippen molar-refractivity contribution >= 4 is 11.6 Å². The molecule has 7 heteroatoms. The summed E-state index contributed by atoms with van der Waals surface area (Å²) in [6.07, 6.45) is -4.47.